The van der Waals surface area contributed by atoms with Crippen LogP contribution < -0.4 is 0 Å². The molecule has 0 aliphatic carbocycles. The fraction of sp³-hybridized carbons (Fsp3) is 0.400. The Morgan fingerprint density at radius 1 is 1.05 bits per heavy atom. The number of hydrogen-bond donors (Lipinski definition) is 1. The third-order valence-corrected chi connectivity index (χ3v) is 3.18. The average molecular weight is 272 g/mol. The van der Waals surface area contributed by atoms with Crippen molar-refractivity contribution < 1.29 is 5.11 Å². The zero-order valence-electron chi connectivity index (χ0n) is 12.3. The van der Waals surface area contributed by atoms with Crippen LogP contribution in [-0.4, -0.2) is 26.2 Å². The topological polar surface area (TPSA) is 63.3 Å². The largest absolute Gasteiger partial charge is 0.507 e. The highest BCUT2D eigenvalue weighted by Gasteiger charge is 2.14. The van der Waals surface area contributed by atoms with Crippen molar-refractivity contribution in [2.24, 2.45) is 5.10 Å². The molecule has 1 heterocycles. The van der Waals surface area contributed by atoms with Crippen molar-refractivity contribution in [2.45, 2.75) is 39.5 Å². The molecule has 2 aromatic rings. The van der Waals surface area contributed by atoms with Crippen LogP contribution in [0.1, 0.15) is 56.2 Å². The number of nitrogens with zero attached hydrogens (tertiary/aromatic N) is 4. The van der Waals surface area contributed by atoms with Crippen molar-refractivity contribution in [3.8, 4) is 5.75 Å². The van der Waals surface area contributed by atoms with Crippen LogP contribution in [-0.2, 0) is 0 Å². The number of phenolic OH excluding ortho intramolecular Hbond substituents is 1. The molecular formula is C15H20N4O. The first-order valence-corrected chi connectivity index (χ1v) is 6.74. The lowest BCUT2D eigenvalue weighted by molar-refractivity contribution is 0.454. The number of phenols is 1. The van der Waals surface area contributed by atoms with E-state index >= 15 is 0 Å². The molecule has 0 saturated heterocycles. The maximum Gasteiger partial charge on any atom is 0.141 e. The van der Waals surface area contributed by atoms with E-state index in [4.69, 9.17) is 0 Å². The van der Waals surface area contributed by atoms with Crippen molar-refractivity contribution in [1.82, 2.24) is 14.9 Å². The molecule has 5 heteroatoms. The van der Waals surface area contributed by atoms with Gasteiger partial charge in [0, 0.05) is 0 Å². The second kappa shape index (κ2) is 5.86. The van der Waals surface area contributed by atoms with Gasteiger partial charge in [-0.2, -0.15) is 5.10 Å². The molecular weight excluding hydrogens is 252 g/mol. The summed E-state index contributed by atoms with van der Waals surface area (Å²) in [6.07, 6.45) is 4.81. The highest BCUT2D eigenvalue weighted by atomic mass is 16.3. The summed E-state index contributed by atoms with van der Waals surface area (Å²) in [5.41, 5.74) is 2.85. The molecule has 0 spiro atoms. The third kappa shape index (κ3) is 3.04. The smallest absolute Gasteiger partial charge is 0.141 e. The van der Waals surface area contributed by atoms with Crippen LogP contribution in [0.3, 0.4) is 0 Å². The molecule has 1 aromatic carbocycles. The molecule has 0 unspecified atom stereocenters. The molecule has 0 aliphatic rings. The van der Waals surface area contributed by atoms with E-state index in [9.17, 15) is 5.11 Å². The summed E-state index contributed by atoms with van der Waals surface area (Å²) >= 11 is 0. The van der Waals surface area contributed by atoms with Crippen molar-refractivity contribution in [1.29, 1.82) is 0 Å². The van der Waals surface area contributed by atoms with Gasteiger partial charge in [0.05, 0.1) is 6.21 Å². The molecule has 106 valence electrons. The minimum Gasteiger partial charge on any atom is -0.507 e. The van der Waals surface area contributed by atoms with Crippen LogP contribution in [0.4, 0.5) is 0 Å². The van der Waals surface area contributed by atoms with Gasteiger partial charge in [-0.1, -0.05) is 27.7 Å². The summed E-state index contributed by atoms with van der Waals surface area (Å²) < 4.78 is 1.54. The van der Waals surface area contributed by atoms with Gasteiger partial charge in [0.15, 0.2) is 0 Å². The van der Waals surface area contributed by atoms with Gasteiger partial charge in [-0.3, -0.25) is 0 Å². The summed E-state index contributed by atoms with van der Waals surface area (Å²) in [7, 11) is 0. The van der Waals surface area contributed by atoms with E-state index in [2.05, 4.69) is 43.0 Å². The number of hydrogen-bond acceptors (Lipinski definition) is 4. The number of aromatic hydroxyl groups is 1. The van der Waals surface area contributed by atoms with Crippen molar-refractivity contribution >= 4 is 6.21 Å². The summed E-state index contributed by atoms with van der Waals surface area (Å²) in [6.45, 7) is 8.28. The Bertz CT molecular complexity index is 571. The summed E-state index contributed by atoms with van der Waals surface area (Å²) in [5.74, 6) is 0.919. The van der Waals surface area contributed by atoms with Crippen LogP contribution in [0.15, 0.2) is 29.9 Å². The molecule has 1 aromatic heterocycles. The van der Waals surface area contributed by atoms with E-state index in [1.54, 1.807) is 6.21 Å². The maximum absolute atomic E-state index is 10.3. The minimum atomic E-state index is 0.260. The van der Waals surface area contributed by atoms with Crippen molar-refractivity contribution in [3.63, 3.8) is 0 Å². The molecule has 20 heavy (non-hydrogen) atoms. The molecule has 0 saturated carbocycles. The SMILES string of the molecule is CC(C)c1cc(/C=N\n2cnnc2)cc(C(C)C)c1O. The normalized spacial score (nSPS) is 11.9. The Kier molecular flexibility index (Phi) is 4.17. The average Bonchev–Trinajstić information content (AvgIpc) is 2.89. The predicted molar refractivity (Wildman–Crippen MR) is 79.3 cm³/mol. The first-order chi connectivity index (χ1) is 9.49. The highest BCUT2D eigenvalue weighted by Crippen LogP contribution is 2.34. The van der Waals surface area contributed by atoms with Gasteiger partial charge in [-0.05, 0) is 40.7 Å². The molecule has 0 fully saturated rings. The van der Waals surface area contributed by atoms with E-state index in [0.29, 0.717) is 5.75 Å². The van der Waals surface area contributed by atoms with Gasteiger partial charge >= 0.3 is 0 Å². The second-order valence-electron chi connectivity index (χ2n) is 5.44. The molecule has 0 bridgehead atoms. The fourth-order valence-electron chi connectivity index (χ4n) is 2.05. The Hall–Kier alpha value is -2.17. The second-order valence-corrected chi connectivity index (χ2v) is 5.44. The Labute approximate surface area is 119 Å². The summed E-state index contributed by atoms with van der Waals surface area (Å²) in [6, 6.07) is 3.94. The van der Waals surface area contributed by atoms with Crippen LogP contribution in [0.2, 0.25) is 0 Å². The van der Waals surface area contributed by atoms with Crippen molar-refractivity contribution in [3.05, 3.63) is 41.5 Å². The molecule has 0 aliphatic heterocycles. The minimum absolute atomic E-state index is 0.260. The predicted octanol–water partition coefficient (Wildman–Crippen LogP) is 3.11. The van der Waals surface area contributed by atoms with Gasteiger partial charge in [-0.15, -0.1) is 10.2 Å². The third-order valence-electron chi connectivity index (χ3n) is 3.18. The lowest BCUT2D eigenvalue weighted by Crippen LogP contribution is -1.99. The fourth-order valence-corrected chi connectivity index (χ4v) is 2.05. The zero-order chi connectivity index (χ0) is 14.7. The summed E-state index contributed by atoms with van der Waals surface area (Å²) in [4.78, 5) is 0. The van der Waals surface area contributed by atoms with Gasteiger partial charge in [0.2, 0.25) is 0 Å². The highest BCUT2D eigenvalue weighted by molar-refractivity contribution is 5.81. The molecule has 0 radical (unpaired) electrons. The van der Waals surface area contributed by atoms with Crippen LogP contribution in [0.5, 0.6) is 5.75 Å². The molecule has 5 nitrogen and oxygen atoms in total. The van der Waals surface area contributed by atoms with Crippen LogP contribution in [0, 0.1) is 0 Å². The molecule has 0 atom stereocenters. The number of benzene rings is 1. The van der Waals surface area contributed by atoms with E-state index in [1.165, 1.54) is 17.3 Å². The molecule has 0 amide bonds. The number of aromatic nitrogens is 3. The van der Waals surface area contributed by atoms with Gasteiger partial charge in [-0.25, -0.2) is 4.68 Å². The standard InChI is InChI=1S/C15H20N4O/c1-10(2)13-5-12(6-14(11(3)4)15(13)20)7-18-19-8-16-17-9-19/h5-11,20H,1-4H3/b18-7-. The lowest BCUT2D eigenvalue weighted by Gasteiger charge is -2.16. The Morgan fingerprint density at radius 3 is 2.00 bits per heavy atom. The van der Waals surface area contributed by atoms with Crippen molar-refractivity contribution in [2.75, 3.05) is 0 Å². The van der Waals surface area contributed by atoms with Crippen LogP contribution in [0.25, 0.3) is 0 Å². The van der Waals surface area contributed by atoms with E-state index in [1.807, 2.05) is 12.1 Å². The summed E-state index contributed by atoms with van der Waals surface area (Å²) in [5, 5.41) is 22.0. The Morgan fingerprint density at radius 2 is 1.55 bits per heavy atom. The molecule has 1 N–H and O–H groups in total. The van der Waals surface area contributed by atoms with Crippen LogP contribution >= 0.6 is 0 Å². The number of rotatable bonds is 4. The monoisotopic (exact) mass is 272 g/mol. The zero-order valence-corrected chi connectivity index (χ0v) is 12.3. The first-order valence-electron chi connectivity index (χ1n) is 6.74. The lowest BCUT2D eigenvalue weighted by atomic mass is 9.92. The quantitative estimate of drug-likeness (QED) is 0.870. The van der Waals surface area contributed by atoms with E-state index in [-0.39, 0.29) is 11.8 Å². The maximum atomic E-state index is 10.3. The van der Waals surface area contributed by atoms with Gasteiger partial charge in [0.1, 0.15) is 18.4 Å². The van der Waals surface area contributed by atoms with E-state index in [0.717, 1.165) is 16.7 Å². The van der Waals surface area contributed by atoms with Gasteiger partial charge in [0.25, 0.3) is 0 Å². The molecule has 2 rings (SSSR count). The van der Waals surface area contributed by atoms with Gasteiger partial charge < -0.3 is 5.11 Å². The van der Waals surface area contributed by atoms with E-state index < -0.39 is 0 Å². The first kappa shape index (κ1) is 14.2. The Balaban J connectivity index is 2.43.